The van der Waals surface area contributed by atoms with Crippen LogP contribution >= 0.6 is 15.9 Å². The summed E-state index contributed by atoms with van der Waals surface area (Å²) in [5.74, 6) is 1.22. The molecular formula is C9H7BrN2O2. The summed E-state index contributed by atoms with van der Waals surface area (Å²) in [6.07, 6.45) is 1.30. The second-order valence-corrected chi connectivity index (χ2v) is 3.45. The van der Waals surface area contributed by atoms with E-state index in [9.17, 15) is 0 Å². The van der Waals surface area contributed by atoms with Gasteiger partial charge in [0.25, 0.3) is 0 Å². The molecule has 4 nitrogen and oxygen atoms in total. The number of methoxy groups -OCH3 is 1. The molecule has 0 amide bonds. The Kier molecular flexibility index (Phi) is 2.49. The Morgan fingerprint density at radius 2 is 2.29 bits per heavy atom. The predicted molar refractivity (Wildman–Crippen MR) is 54.0 cm³/mol. The van der Waals surface area contributed by atoms with Crippen LogP contribution in [0.1, 0.15) is 0 Å². The minimum atomic E-state index is 0.482. The second kappa shape index (κ2) is 3.79. The third-order valence-corrected chi connectivity index (χ3v) is 2.41. The highest BCUT2D eigenvalue weighted by atomic mass is 79.9. The molecule has 2 aromatic rings. The van der Waals surface area contributed by atoms with Crippen LogP contribution in [0.5, 0.6) is 5.75 Å². The normalized spacial score (nSPS) is 10.1. The number of halogens is 1. The summed E-state index contributed by atoms with van der Waals surface area (Å²) in [5.41, 5.74) is 0.836. The molecule has 0 fully saturated rings. The van der Waals surface area contributed by atoms with Crippen LogP contribution in [-0.4, -0.2) is 17.3 Å². The smallest absolute Gasteiger partial charge is 0.247 e. The van der Waals surface area contributed by atoms with Gasteiger partial charge in [0.1, 0.15) is 5.75 Å². The van der Waals surface area contributed by atoms with E-state index in [1.165, 1.54) is 6.39 Å². The van der Waals surface area contributed by atoms with Crippen molar-refractivity contribution in [3.05, 3.63) is 29.1 Å². The fourth-order valence-corrected chi connectivity index (χ4v) is 1.50. The number of rotatable bonds is 2. The Morgan fingerprint density at radius 1 is 1.43 bits per heavy atom. The van der Waals surface area contributed by atoms with Gasteiger partial charge in [-0.1, -0.05) is 0 Å². The molecule has 0 unspecified atom stereocenters. The molecule has 1 heterocycles. The number of aromatic nitrogens is 2. The van der Waals surface area contributed by atoms with E-state index in [-0.39, 0.29) is 0 Å². The topological polar surface area (TPSA) is 48.2 Å². The molecule has 0 saturated carbocycles. The zero-order chi connectivity index (χ0) is 9.97. The maximum Gasteiger partial charge on any atom is 0.247 e. The Hall–Kier alpha value is -1.36. The van der Waals surface area contributed by atoms with Crippen molar-refractivity contribution < 1.29 is 9.15 Å². The van der Waals surface area contributed by atoms with Crippen LogP contribution in [0.2, 0.25) is 0 Å². The van der Waals surface area contributed by atoms with Crippen molar-refractivity contribution in [3.63, 3.8) is 0 Å². The maximum atomic E-state index is 5.15. The first kappa shape index (κ1) is 9.21. The number of benzene rings is 1. The molecule has 2 rings (SSSR count). The minimum absolute atomic E-state index is 0.482. The van der Waals surface area contributed by atoms with E-state index in [0.717, 1.165) is 15.8 Å². The van der Waals surface area contributed by atoms with Crippen molar-refractivity contribution in [2.45, 2.75) is 0 Å². The first-order chi connectivity index (χ1) is 6.81. The summed E-state index contributed by atoms with van der Waals surface area (Å²) >= 11 is 3.36. The Balaban J connectivity index is 2.46. The number of hydrogen-bond acceptors (Lipinski definition) is 4. The highest BCUT2D eigenvalue weighted by Crippen LogP contribution is 2.29. The van der Waals surface area contributed by atoms with Crippen LogP contribution in [0, 0.1) is 0 Å². The van der Waals surface area contributed by atoms with E-state index in [1.807, 2.05) is 18.2 Å². The molecule has 1 aromatic carbocycles. The van der Waals surface area contributed by atoms with Crippen LogP contribution in [0.15, 0.2) is 33.5 Å². The number of hydrogen-bond donors (Lipinski definition) is 0. The van der Waals surface area contributed by atoms with Gasteiger partial charge in [0.05, 0.1) is 11.6 Å². The van der Waals surface area contributed by atoms with Crippen molar-refractivity contribution in [2.24, 2.45) is 0 Å². The van der Waals surface area contributed by atoms with E-state index in [1.54, 1.807) is 7.11 Å². The summed E-state index contributed by atoms with van der Waals surface area (Å²) in [7, 11) is 1.61. The molecular weight excluding hydrogens is 248 g/mol. The van der Waals surface area contributed by atoms with Gasteiger partial charge >= 0.3 is 0 Å². The monoisotopic (exact) mass is 254 g/mol. The van der Waals surface area contributed by atoms with Crippen LogP contribution in [-0.2, 0) is 0 Å². The minimum Gasteiger partial charge on any atom is -0.496 e. The predicted octanol–water partition coefficient (Wildman–Crippen LogP) is 2.51. The number of nitrogens with zero attached hydrogens (tertiary/aromatic N) is 2. The van der Waals surface area contributed by atoms with E-state index < -0.39 is 0 Å². The van der Waals surface area contributed by atoms with Crippen molar-refractivity contribution in [1.29, 1.82) is 0 Å². The molecule has 14 heavy (non-hydrogen) atoms. The highest BCUT2D eigenvalue weighted by molar-refractivity contribution is 9.10. The zero-order valence-electron chi connectivity index (χ0n) is 7.40. The molecule has 0 N–H and O–H groups in total. The SMILES string of the molecule is COc1cc(-c2nnco2)ccc1Br. The average Bonchev–Trinajstić information content (AvgIpc) is 2.71. The van der Waals surface area contributed by atoms with Gasteiger partial charge in [-0.15, -0.1) is 10.2 Å². The van der Waals surface area contributed by atoms with Crippen molar-refractivity contribution in [2.75, 3.05) is 7.11 Å². The van der Waals surface area contributed by atoms with Crippen molar-refractivity contribution in [1.82, 2.24) is 10.2 Å². The van der Waals surface area contributed by atoms with Gasteiger partial charge in [-0.3, -0.25) is 0 Å². The fraction of sp³-hybridized carbons (Fsp3) is 0.111. The van der Waals surface area contributed by atoms with Gasteiger partial charge < -0.3 is 9.15 Å². The van der Waals surface area contributed by atoms with E-state index in [0.29, 0.717) is 5.89 Å². The molecule has 0 saturated heterocycles. The van der Waals surface area contributed by atoms with Crippen LogP contribution < -0.4 is 4.74 Å². The molecule has 0 spiro atoms. The molecule has 0 bridgehead atoms. The van der Waals surface area contributed by atoms with Gasteiger partial charge in [-0.2, -0.15) is 0 Å². The third kappa shape index (κ3) is 1.63. The summed E-state index contributed by atoms with van der Waals surface area (Å²) < 4.78 is 11.1. The summed E-state index contributed by atoms with van der Waals surface area (Å²) in [6.45, 7) is 0. The Morgan fingerprint density at radius 3 is 2.93 bits per heavy atom. The fourth-order valence-electron chi connectivity index (χ4n) is 1.09. The van der Waals surface area contributed by atoms with E-state index in [2.05, 4.69) is 26.1 Å². The summed E-state index contributed by atoms with van der Waals surface area (Å²) in [6, 6.07) is 5.58. The first-order valence-corrected chi connectivity index (χ1v) is 4.70. The quantitative estimate of drug-likeness (QED) is 0.827. The zero-order valence-corrected chi connectivity index (χ0v) is 8.98. The van der Waals surface area contributed by atoms with Gasteiger partial charge in [-0.25, -0.2) is 0 Å². The van der Waals surface area contributed by atoms with Gasteiger partial charge in [0.2, 0.25) is 12.3 Å². The second-order valence-electron chi connectivity index (χ2n) is 2.59. The Labute approximate surface area is 89.0 Å². The molecule has 0 aliphatic carbocycles. The van der Waals surface area contributed by atoms with Crippen LogP contribution in [0.25, 0.3) is 11.5 Å². The molecule has 1 aromatic heterocycles. The maximum absolute atomic E-state index is 5.15. The lowest BCUT2D eigenvalue weighted by Gasteiger charge is -2.03. The average molecular weight is 255 g/mol. The lowest BCUT2D eigenvalue weighted by atomic mass is 10.2. The Bertz CT molecular complexity index is 428. The third-order valence-electron chi connectivity index (χ3n) is 1.76. The lowest BCUT2D eigenvalue weighted by molar-refractivity contribution is 0.412. The van der Waals surface area contributed by atoms with Crippen molar-refractivity contribution >= 4 is 15.9 Å². The number of ether oxygens (including phenoxy) is 1. The van der Waals surface area contributed by atoms with Crippen LogP contribution in [0.4, 0.5) is 0 Å². The largest absolute Gasteiger partial charge is 0.496 e. The molecule has 5 heteroatoms. The van der Waals surface area contributed by atoms with E-state index in [4.69, 9.17) is 9.15 Å². The highest BCUT2D eigenvalue weighted by Gasteiger charge is 2.06. The van der Waals surface area contributed by atoms with Gasteiger partial charge in [0.15, 0.2) is 0 Å². The first-order valence-electron chi connectivity index (χ1n) is 3.91. The van der Waals surface area contributed by atoms with E-state index >= 15 is 0 Å². The molecule has 0 radical (unpaired) electrons. The summed E-state index contributed by atoms with van der Waals surface area (Å²) in [4.78, 5) is 0. The molecule has 72 valence electrons. The molecule has 0 aliphatic heterocycles. The standard InChI is InChI=1S/C9H7BrN2O2/c1-13-8-4-6(2-3-7(8)10)9-12-11-5-14-9/h2-5H,1H3. The molecule has 0 atom stereocenters. The van der Waals surface area contributed by atoms with Gasteiger partial charge in [-0.05, 0) is 34.1 Å². The lowest BCUT2D eigenvalue weighted by Crippen LogP contribution is -1.85. The van der Waals surface area contributed by atoms with Gasteiger partial charge in [0, 0.05) is 5.56 Å². The molecule has 0 aliphatic rings. The van der Waals surface area contributed by atoms with Crippen LogP contribution in [0.3, 0.4) is 0 Å². The van der Waals surface area contributed by atoms with Crippen molar-refractivity contribution in [3.8, 4) is 17.2 Å². The summed E-state index contributed by atoms with van der Waals surface area (Å²) in [5, 5.41) is 7.41.